The maximum absolute atomic E-state index is 12.6. The minimum atomic E-state index is -4.14. The van der Waals surface area contributed by atoms with Crippen LogP contribution in [0.3, 0.4) is 0 Å². The van der Waals surface area contributed by atoms with E-state index in [2.05, 4.69) is 10.2 Å². The molecule has 0 aliphatic carbocycles. The van der Waals surface area contributed by atoms with Crippen LogP contribution in [0.25, 0.3) is 0 Å². The van der Waals surface area contributed by atoms with Crippen LogP contribution in [0.2, 0.25) is 0 Å². The SMILES string of the molecule is O=C(C1CCc2nncn2C1)N1CCC(C(F)(F)F)CC1. The molecule has 3 rings (SSSR count). The summed E-state index contributed by atoms with van der Waals surface area (Å²) in [5.41, 5.74) is 0. The second-order valence-corrected chi connectivity index (χ2v) is 5.78. The lowest BCUT2D eigenvalue weighted by Gasteiger charge is -2.35. The van der Waals surface area contributed by atoms with Crippen molar-refractivity contribution in [3.05, 3.63) is 12.2 Å². The van der Waals surface area contributed by atoms with Crippen LogP contribution in [-0.2, 0) is 17.8 Å². The largest absolute Gasteiger partial charge is 0.391 e. The number of aromatic nitrogens is 3. The third-order valence-electron chi connectivity index (χ3n) is 4.45. The molecule has 1 saturated heterocycles. The third kappa shape index (κ3) is 2.89. The molecule has 1 aromatic heterocycles. The molecular weight excluding hydrogens is 285 g/mol. The topological polar surface area (TPSA) is 51.0 Å². The van der Waals surface area contributed by atoms with Gasteiger partial charge in [0.25, 0.3) is 0 Å². The van der Waals surface area contributed by atoms with Crippen LogP contribution in [0, 0.1) is 11.8 Å². The fourth-order valence-corrected chi connectivity index (χ4v) is 3.14. The first-order valence-corrected chi connectivity index (χ1v) is 7.17. The molecule has 0 spiro atoms. The highest BCUT2D eigenvalue weighted by Gasteiger charge is 2.42. The highest BCUT2D eigenvalue weighted by atomic mass is 19.4. The molecule has 1 unspecified atom stereocenters. The number of nitrogens with zero attached hydrogens (tertiary/aromatic N) is 4. The Morgan fingerprint density at radius 2 is 1.95 bits per heavy atom. The van der Waals surface area contributed by atoms with Crippen LogP contribution in [-0.4, -0.2) is 44.8 Å². The number of rotatable bonds is 1. The molecule has 0 N–H and O–H groups in total. The van der Waals surface area contributed by atoms with Gasteiger partial charge in [-0.2, -0.15) is 13.2 Å². The highest BCUT2D eigenvalue weighted by Crippen LogP contribution is 2.34. The first-order chi connectivity index (χ1) is 9.95. The van der Waals surface area contributed by atoms with Gasteiger partial charge in [-0.05, 0) is 19.3 Å². The van der Waals surface area contributed by atoms with E-state index in [-0.39, 0.29) is 37.8 Å². The Bertz CT molecular complexity index is 520. The summed E-state index contributed by atoms with van der Waals surface area (Å²) in [6.45, 7) is 0.934. The molecule has 3 heterocycles. The molecule has 21 heavy (non-hydrogen) atoms. The van der Waals surface area contributed by atoms with Gasteiger partial charge in [-0.1, -0.05) is 0 Å². The highest BCUT2D eigenvalue weighted by molar-refractivity contribution is 5.79. The molecule has 1 amide bonds. The summed E-state index contributed by atoms with van der Waals surface area (Å²) in [5.74, 6) is -0.599. The van der Waals surface area contributed by atoms with Crippen molar-refractivity contribution in [2.75, 3.05) is 13.1 Å². The molecule has 0 saturated carbocycles. The lowest BCUT2D eigenvalue weighted by atomic mass is 9.93. The molecule has 2 aliphatic rings. The maximum atomic E-state index is 12.6. The number of halogens is 3. The van der Waals surface area contributed by atoms with Crippen LogP contribution >= 0.6 is 0 Å². The van der Waals surface area contributed by atoms with E-state index < -0.39 is 12.1 Å². The average Bonchev–Trinajstić information content (AvgIpc) is 2.93. The number of fused-ring (bicyclic) bond motifs is 1. The Kier molecular flexibility index (Phi) is 3.62. The monoisotopic (exact) mass is 302 g/mol. The third-order valence-corrected chi connectivity index (χ3v) is 4.45. The van der Waals surface area contributed by atoms with E-state index in [4.69, 9.17) is 0 Å². The molecule has 0 radical (unpaired) electrons. The van der Waals surface area contributed by atoms with E-state index in [0.717, 1.165) is 5.82 Å². The van der Waals surface area contributed by atoms with Gasteiger partial charge in [-0.25, -0.2) is 0 Å². The maximum Gasteiger partial charge on any atom is 0.391 e. The van der Waals surface area contributed by atoms with Gasteiger partial charge in [-0.3, -0.25) is 4.79 Å². The van der Waals surface area contributed by atoms with Crippen molar-refractivity contribution in [1.29, 1.82) is 0 Å². The number of hydrogen-bond donors (Lipinski definition) is 0. The fraction of sp³-hybridized carbons (Fsp3) is 0.769. The Balaban J connectivity index is 1.58. The number of likely N-dealkylation sites (tertiary alicyclic amines) is 1. The van der Waals surface area contributed by atoms with Crippen molar-refractivity contribution < 1.29 is 18.0 Å². The summed E-state index contributed by atoms with van der Waals surface area (Å²) < 4.78 is 39.8. The molecule has 1 atom stereocenters. The summed E-state index contributed by atoms with van der Waals surface area (Å²) in [6, 6.07) is 0. The number of carbonyl (C=O) groups excluding carboxylic acids is 1. The minimum Gasteiger partial charge on any atom is -0.342 e. The van der Waals surface area contributed by atoms with Gasteiger partial charge in [0.05, 0.1) is 11.8 Å². The Hall–Kier alpha value is -1.60. The van der Waals surface area contributed by atoms with E-state index in [0.29, 0.717) is 19.4 Å². The molecule has 116 valence electrons. The van der Waals surface area contributed by atoms with Gasteiger partial charge in [0, 0.05) is 26.1 Å². The minimum absolute atomic E-state index is 0.0137. The average molecular weight is 302 g/mol. The number of amides is 1. The van der Waals surface area contributed by atoms with Crippen molar-refractivity contribution in [2.24, 2.45) is 11.8 Å². The summed E-state index contributed by atoms with van der Waals surface area (Å²) >= 11 is 0. The van der Waals surface area contributed by atoms with E-state index in [9.17, 15) is 18.0 Å². The fourth-order valence-electron chi connectivity index (χ4n) is 3.14. The first-order valence-electron chi connectivity index (χ1n) is 7.17. The summed E-state index contributed by atoms with van der Waals surface area (Å²) in [5, 5.41) is 7.77. The Morgan fingerprint density at radius 3 is 2.62 bits per heavy atom. The van der Waals surface area contributed by atoms with Crippen molar-refractivity contribution >= 4 is 5.91 Å². The molecule has 5 nitrogen and oxygen atoms in total. The first kappa shape index (κ1) is 14.3. The molecule has 0 bridgehead atoms. The molecule has 0 aromatic carbocycles. The number of carbonyl (C=O) groups is 1. The van der Waals surface area contributed by atoms with Gasteiger partial charge >= 0.3 is 6.18 Å². The van der Waals surface area contributed by atoms with Crippen molar-refractivity contribution in [2.45, 2.75) is 38.4 Å². The summed E-state index contributed by atoms with van der Waals surface area (Å²) in [4.78, 5) is 14.0. The van der Waals surface area contributed by atoms with Crippen LogP contribution < -0.4 is 0 Å². The van der Waals surface area contributed by atoms with Crippen LogP contribution in [0.1, 0.15) is 25.1 Å². The normalized spacial score (nSPS) is 24.0. The lowest BCUT2D eigenvalue weighted by molar-refractivity contribution is -0.187. The second-order valence-electron chi connectivity index (χ2n) is 5.78. The number of aryl methyl sites for hydroxylation is 1. The summed E-state index contributed by atoms with van der Waals surface area (Å²) in [7, 11) is 0. The zero-order valence-electron chi connectivity index (χ0n) is 11.5. The van der Waals surface area contributed by atoms with E-state index >= 15 is 0 Å². The van der Waals surface area contributed by atoms with Crippen molar-refractivity contribution in [3.8, 4) is 0 Å². The Labute approximate surface area is 120 Å². The number of hydrogen-bond acceptors (Lipinski definition) is 3. The standard InChI is InChI=1S/C13H17F3N4O/c14-13(15,16)10-3-5-19(6-4-10)12(21)9-1-2-11-18-17-8-20(11)7-9/h8-10H,1-7H2. The van der Waals surface area contributed by atoms with Crippen molar-refractivity contribution in [3.63, 3.8) is 0 Å². The number of piperidine rings is 1. The molecular formula is C13H17F3N4O. The lowest BCUT2D eigenvalue weighted by Crippen LogP contribution is -2.46. The van der Waals surface area contributed by atoms with Crippen molar-refractivity contribution in [1.82, 2.24) is 19.7 Å². The predicted molar refractivity (Wildman–Crippen MR) is 67.2 cm³/mol. The van der Waals surface area contributed by atoms with Gasteiger partial charge in [0.1, 0.15) is 12.2 Å². The Morgan fingerprint density at radius 1 is 1.24 bits per heavy atom. The second kappa shape index (κ2) is 5.31. The summed E-state index contributed by atoms with van der Waals surface area (Å²) in [6.07, 6.45) is -1.13. The molecule has 1 fully saturated rings. The van der Waals surface area contributed by atoms with Gasteiger partial charge in [0.15, 0.2) is 0 Å². The van der Waals surface area contributed by atoms with E-state index in [1.807, 2.05) is 4.57 Å². The van der Waals surface area contributed by atoms with Crippen LogP contribution in [0.4, 0.5) is 13.2 Å². The molecule has 2 aliphatic heterocycles. The molecule has 8 heteroatoms. The van der Waals surface area contributed by atoms with Gasteiger partial charge < -0.3 is 9.47 Å². The quantitative estimate of drug-likeness (QED) is 0.792. The number of alkyl halides is 3. The van der Waals surface area contributed by atoms with Crippen LogP contribution in [0.5, 0.6) is 0 Å². The molecule has 1 aromatic rings. The van der Waals surface area contributed by atoms with Gasteiger partial charge in [0.2, 0.25) is 5.91 Å². The smallest absolute Gasteiger partial charge is 0.342 e. The van der Waals surface area contributed by atoms with Gasteiger partial charge in [-0.15, -0.1) is 10.2 Å². The predicted octanol–water partition coefficient (Wildman–Crippen LogP) is 1.64. The van der Waals surface area contributed by atoms with E-state index in [1.165, 1.54) is 0 Å². The zero-order valence-corrected chi connectivity index (χ0v) is 11.5. The zero-order chi connectivity index (χ0) is 15.0. The van der Waals surface area contributed by atoms with Crippen LogP contribution in [0.15, 0.2) is 6.33 Å². The van der Waals surface area contributed by atoms with E-state index in [1.54, 1.807) is 11.2 Å².